The zero-order valence-corrected chi connectivity index (χ0v) is 14.7. The molecule has 0 amide bonds. The number of nitrogens with zero attached hydrogens (tertiary/aromatic N) is 2. The summed E-state index contributed by atoms with van der Waals surface area (Å²) in [4.78, 5) is 23.5. The lowest BCUT2D eigenvalue weighted by molar-refractivity contribution is -0.385. The molecule has 7 heteroatoms. The second kappa shape index (κ2) is 6.87. The molecule has 134 valence electrons. The standard InChI is InChI=1S/C19H18N2O5/c1-4-26-19(22)18-12(2)20(13-8-6-5-7-9-13)15-11-16(21(23)24)17(25-3)10-14(15)18/h5-11H,4H2,1-3H3. The van der Waals surface area contributed by atoms with Crippen LogP contribution in [0.5, 0.6) is 5.75 Å². The van der Waals surface area contributed by atoms with Crippen LogP contribution in [0.3, 0.4) is 0 Å². The third kappa shape index (κ3) is 2.77. The Bertz CT molecular complexity index is 992. The van der Waals surface area contributed by atoms with Crippen molar-refractivity contribution in [3.05, 3.63) is 63.8 Å². The number of aromatic nitrogens is 1. The Morgan fingerprint density at radius 3 is 2.50 bits per heavy atom. The first kappa shape index (κ1) is 17.5. The molecule has 0 aliphatic carbocycles. The molecule has 0 atom stereocenters. The van der Waals surface area contributed by atoms with Crippen LogP contribution in [-0.2, 0) is 4.74 Å². The minimum atomic E-state index is -0.500. The number of nitro benzene ring substituents is 1. The smallest absolute Gasteiger partial charge is 0.340 e. The Kier molecular flexibility index (Phi) is 4.62. The van der Waals surface area contributed by atoms with E-state index in [1.165, 1.54) is 19.2 Å². The molecule has 0 saturated carbocycles. The van der Waals surface area contributed by atoms with Crippen LogP contribution in [0.25, 0.3) is 16.6 Å². The van der Waals surface area contributed by atoms with Gasteiger partial charge >= 0.3 is 11.7 Å². The second-order valence-corrected chi connectivity index (χ2v) is 5.65. The largest absolute Gasteiger partial charge is 0.490 e. The van der Waals surface area contributed by atoms with Gasteiger partial charge < -0.3 is 14.0 Å². The predicted octanol–water partition coefficient (Wildman–Crippen LogP) is 4.03. The highest BCUT2D eigenvalue weighted by Crippen LogP contribution is 2.37. The molecule has 0 saturated heterocycles. The van der Waals surface area contributed by atoms with E-state index in [4.69, 9.17) is 9.47 Å². The zero-order valence-electron chi connectivity index (χ0n) is 14.7. The minimum Gasteiger partial charge on any atom is -0.490 e. The SMILES string of the molecule is CCOC(=O)c1c(C)n(-c2ccccc2)c2cc([N+](=O)[O-])c(OC)cc12. The van der Waals surface area contributed by atoms with Gasteiger partial charge in [0, 0.05) is 22.8 Å². The molecule has 7 nitrogen and oxygen atoms in total. The Morgan fingerprint density at radius 1 is 1.23 bits per heavy atom. The highest BCUT2D eigenvalue weighted by Gasteiger charge is 2.26. The van der Waals surface area contributed by atoms with E-state index in [1.54, 1.807) is 13.8 Å². The molecule has 0 spiro atoms. The van der Waals surface area contributed by atoms with E-state index in [0.717, 1.165) is 5.69 Å². The van der Waals surface area contributed by atoms with Gasteiger partial charge in [0.2, 0.25) is 0 Å². The Morgan fingerprint density at radius 2 is 1.92 bits per heavy atom. The van der Waals surface area contributed by atoms with Crippen LogP contribution in [0.4, 0.5) is 5.69 Å². The molecular weight excluding hydrogens is 336 g/mol. The van der Waals surface area contributed by atoms with Crippen molar-refractivity contribution in [3.8, 4) is 11.4 Å². The van der Waals surface area contributed by atoms with Crippen molar-refractivity contribution < 1.29 is 19.2 Å². The monoisotopic (exact) mass is 354 g/mol. The molecule has 0 bridgehead atoms. The highest BCUT2D eigenvalue weighted by atomic mass is 16.6. The molecule has 1 heterocycles. The van der Waals surface area contributed by atoms with Gasteiger partial charge in [-0.15, -0.1) is 0 Å². The maximum absolute atomic E-state index is 12.5. The van der Waals surface area contributed by atoms with E-state index >= 15 is 0 Å². The summed E-state index contributed by atoms with van der Waals surface area (Å²) in [6.45, 7) is 3.76. The van der Waals surface area contributed by atoms with Crippen molar-refractivity contribution in [1.29, 1.82) is 0 Å². The van der Waals surface area contributed by atoms with Crippen LogP contribution in [0, 0.1) is 17.0 Å². The number of rotatable bonds is 5. The summed E-state index contributed by atoms with van der Waals surface area (Å²) < 4.78 is 12.2. The predicted molar refractivity (Wildman–Crippen MR) is 97.2 cm³/mol. The maximum Gasteiger partial charge on any atom is 0.340 e. The average Bonchev–Trinajstić information content (AvgIpc) is 2.92. The van der Waals surface area contributed by atoms with E-state index in [1.807, 2.05) is 34.9 Å². The van der Waals surface area contributed by atoms with Crippen LogP contribution in [0.15, 0.2) is 42.5 Å². The first-order chi connectivity index (χ1) is 12.5. The molecule has 1 aromatic heterocycles. The number of benzene rings is 2. The third-order valence-electron chi connectivity index (χ3n) is 4.20. The molecule has 0 aliphatic rings. The number of ether oxygens (including phenoxy) is 2. The van der Waals surface area contributed by atoms with E-state index in [-0.39, 0.29) is 18.0 Å². The third-order valence-corrected chi connectivity index (χ3v) is 4.20. The molecule has 26 heavy (non-hydrogen) atoms. The number of carbonyl (C=O) groups excluding carboxylic acids is 1. The Labute approximate surface area is 149 Å². The molecule has 2 aromatic carbocycles. The first-order valence-corrected chi connectivity index (χ1v) is 8.09. The molecule has 0 unspecified atom stereocenters. The van der Waals surface area contributed by atoms with Crippen molar-refractivity contribution in [2.75, 3.05) is 13.7 Å². The molecular formula is C19H18N2O5. The maximum atomic E-state index is 12.5. The first-order valence-electron chi connectivity index (χ1n) is 8.09. The summed E-state index contributed by atoms with van der Waals surface area (Å²) in [6.07, 6.45) is 0. The number of fused-ring (bicyclic) bond motifs is 1. The molecule has 0 aliphatic heterocycles. The van der Waals surface area contributed by atoms with E-state index < -0.39 is 10.9 Å². The van der Waals surface area contributed by atoms with Gasteiger partial charge in [-0.05, 0) is 32.0 Å². The summed E-state index contributed by atoms with van der Waals surface area (Å²) in [5.41, 5.74) is 2.20. The lowest BCUT2D eigenvalue weighted by Gasteiger charge is -2.09. The quantitative estimate of drug-likeness (QED) is 0.392. The van der Waals surface area contributed by atoms with Crippen molar-refractivity contribution in [3.63, 3.8) is 0 Å². The summed E-state index contributed by atoms with van der Waals surface area (Å²) >= 11 is 0. The van der Waals surface area contributed by atoms with Gasteiger partial charge in [0.25, 0.3) is 0 Å². The van der Waals surface area contributed by atoms with Gasteiger partial charge in [-0.25, -0.2) is 4.79 Å². The van der Waals surface area contributed by atoms with E-state index in [9.17, 15) is 14.9 Å². The lowest BCUT2D eigenvalue weighted by Crippen LogP contribution is -2.07. The van der Waals surface area contributed by atoms with Crippen LogP contribution in [0.1, 0.15) is 23.0 Å². The molecule has 0 radical (unpaired) electrons. The normalized spacial score (nSPS) is 10.7. The van der Waals surface area contributed by atoms with Gasteiger partial charge in [0.05, 0.1) is 29.7 Å². The van der Waals surface area contributed by atoms with Gasteiger partial charge in [0.15, 0.2) is 5.75 Å². The fourth-order valence-electron chi connectivity index (χ4n) is 3.11. The lowest BCUT2D eigenvalue weighted by atomic mass is 10.1. The summed E-state index contributed by atoms with van der Waals surface area (Å²) in [5, 5.41) is 12.0. The van der Waals surface area contributed by atoms with Crippen molar-refractivity contribution in [1.82, 2.24) is 4.57 Å². The minimum absolute atomic E-state index is 0.0956. The van der Waals surface area contributed by atoms with Gasteiger partial charge in [0.1, 0.15) is 0 Å². The van der Waals surface area contributed by atoms with Gasteiger partial charge in [-0.3, -0.25) is 10.1 Å². The molecule has 3 rings (SSSR count). The van der Waals surface area contributed by atoms with Crippen molar-refractivity contribution in [2.24, 2.45) is 0 Å². The van der Waals surface area contributed by atoms with E-state index in [0.29, 0.717) is 22.2 Å². The van der Waals surface area contributed by atoms with E-state index in [2.05, 4.69) is 0 Å². The number of para-hydroxylation sites is 1. The van der Waals surface area contributed by atoms with Crippen molar-refractivity contribution in [2.45, 2.75) is 13.8 Å². The van der Waals surface area contributed by atoms with Crippen LogP contribution in [0.2, 0.25) is 0 Å². The fourth-order valence-corrected chi connectivity index (χ4v) is 3.11. The zero-order chi connectivity index (χ0) is 18.8. The van der Waals surface area contributed by atoms with Gasteiger partial charge in [-0.2, -0.15) is 0 Å². The van der Waals surface area contributed by atoms with Crippen LogP contribution >= 0.6 is 0 Å². The summed E-state index contributed by atoms with van der Waals surface area (Å²) in [6, 6.07) is 12.3. The second-order valence-electron chi connectivity index (χ2n) is 5.65. The Balaban J connectivity index is 2.42. The number of nitro groups is 1. The number of carbonyl (C=O) groups is 1. The molecule has 0 fully saturated rings. The van der Waals surface area contributed by atoms with Crippen LogP contribution in [-0.4, -0.2) is 29.2 Å². The fraction of sp³-hybridized carbons (Fsp3) is 0.211. The van der Waals surface area contributed by atoms with Crippen LogP contribution < -0.4 is 4.74 Å². The number of hydrogen-bond donors (Lipinski definition) is 0. The summed E-state index contributed by atoms with van der Waals surface area (Å²) in [5.74, 6) is -0.376. The number of esters is 1. The molecule has 0 N–H and O–H groups in total. The Hall–Kier alpha value is -3.35. The van der Waals surface area contributed by atoms with Crippen molar-refractivity contribution >= 4 is 22.6 Å². The highest BCUT2D eigenvalue weighted by molar-refractivity contribution is 6.07. The topological polar surface area (TPSA) is 83.6 Å². The number of methoxy groups -OCH3 is 1. The number of hydrogen-bond acceptors (Lipinski definition) is 5. The average molecular weight is 354 g/mol. The summed E-state index contributed by atoms with van der Waals surface area (Å²) in [7, 11) is 1.36. The van der Waals surface area contributed by atoms with Gasteiger partial charge in [-0.1, -0.05) is 18.2 Å². The molecule has 3 aromatic rings.